The normalized spacial score (nSPS) is 11.7. The van der Waals surface area contributed by atoms with E-state index in [4.69, 9.17) is 0 Å². The van der Waals surface area contributed by atoms with E-state index in [2.05, 4.69) is 6.92 Å². The van der Waals surface area contributed by atoms with Crippen molar-refractivity contribution in [3.63, 3.8) is 0 Å². The second kappa shape index (κ2) is 7.46. The fourth-order valence-electron chi connectivity index (χ4n) is 2.13. The van der Waals surface area contributed by atoms with Crippen LogP contribution < -0.4 is 0 Å². The number of unbranched alkanes of at least 4 members (excludes halogenated alkanes) is 2. The first-order chi connectivity index (χ1) is 9.40. The van der Waals surface area contributed by atoms with Gasteiger partial charge in [-0.05, 0) is 36.8 Å². The van der Waals surface area contributed by atoms with Crippen molar-refractivity contribution in [2.24, 2.45) is 0 Å². The van der Waals surface area contributed by atoms with Crippen molar-refractivity contribution < 1.29 is 18.0 Å². The molecule has 1 aromatic rings. The molecule has 0 saturated carbocycles. The molecule has 4 heteroatoms. The van der Waals surface area contributed by atoms with Gasteiger partial charge in [0.25, 0.3) is 5.78 Å². The van der Waals surface area contributed by atoms with Crippen molar-refractivity contribution >= 4 is 5.78 Å². The zero-order valence-corrected chi connectivity index (χ0v) is 12.0. The van der Waals surface area contributed by atoms with Crippen LogP contribution >= 0.6 is 0 Å². The Balaban J connectivity index is 3.06. The van der Waals surface area contributed by atoms with Crippen LogP contribution in [0.2, 0.25) is 0 Å². The SMILES string of the molecule is CCCCc1ccc(C(=O)C(F)(F)F)c(CCCC)c1. The number of Topliss-reactive ketones (excluding diaryl/α,β-unsaturated/α-hetero) is 1. The van der Waals surface area contributed by atoms with Gasteiger partial charge in [0.2, 0.25) is 0 Å². The molecule has 0 saturated heterocycles. The van der Waals surface area contributed by atoms with E-state index in [1.807, 2.05) is 6.92 Å². The van der Waals surface area contributed by atoms with Crippen LogP contribution in [0.15, 0.2) is 18.2 Å². The van der Waals surface area contributed by atoms with Crippen molar-refractivity contribution in [3.05, 3.63) is 34.9 Å². The quantitative estimate of drug-likeness (QED) is 0.636. The van der Waals surface area contributed by atoms with Crippen molar-refractivity contribution in [2.75, 3.05) is 0 Å². The van der Waals surface area contributed by atoms with E-state index in [0.29, 0.717) is 12.0 Å². The third-order valence-electron chi connectivity index (χ3n) is 3.29. The number of ketones is 1. The van der Waals surface area contributed by atoms with Crippen molar-refractivity contribution in [3.8, 4) is 0 Å². The van der Waals surface area contributed by atoms with Crippen LogP contribution in [0.4, 0.5) is 13.2 Å². The lowest BCUT2D eigenvalue weighted by Gasteiger charge is -2.12. The number of hydrogen-bond donors (Lipinski definition) is 0. The predicted octanol–water partition coefficient (Wildman–Crippen LogP) is 5.12. The number of hydrogen-bond acceptors (Lipinski definition) is 1. The van der Waals surface area contributed by atoms with E-state index >= 15 is 0 Å². The minimum Gasteiger partial charge on any atom is -0.284 e. The number of carbonyl (C=O) groups is 1. The third-order valence-corrected chi connectivity index (χ3v) is 3.29. The van der Waals surface area contributed by atoms with E-state index < -0.39 is 12.0 Å². The van der Waals surface area contributed by atoms with Gasteiger partial charge in [0, 0.05) is 5.56 Å². The van der Waals surface area contributed by atoms with Crippen molar-refractivity contribution in [2.45, 2.75) is 58.5 Å². The van der Waals surface area contributed by atoms with Gasteiger partial charge < -0.3 is 0 Å². The average molecular weight is 286 g/mol. The molecule has 0 amide bonds. The summed E-state index contributed by atoms with van der Waals surface area (Å²) in [4.78, 5) is 11.5. The summed E-state index contributed by atoms with van der Waals surface area (Å²) in [6.45, 7) is 4.05. The highest BCUT2D eigenvalue weighted by Gasteiger charge is 2.40. The van der Waals surface area contributed by atoms with Gasteiger partial charge in [0.15, 0.2) is 0 Å². The molecule has 0 fully saturated rings. The van der Waals surface area contributed by atoms with Crippen LogP contribution in [-0.4, -0.2) is 12.0 Å². The van der Waals surface area contributed by atoms with Crippen LogP contribution in [0.25, 0.3) is 0 Å². The molecule has 0 atom stereocenters. The molecule has 0 spiro atoms. The molecule has 112 valence electrons. The molecule has 0 radical (unpaired) electrons. The van der Waals surface area contributed by atoms with Crippen molar-refractivity contribution in [1.29, 1.82) is 0 Å². The summed E-state index contributed by atoms with van der Waals surface area (Å²) in [5, 5.41) is 0. The summed E-state index contributed by atoms with van der Waals surface area (Å²) < 4.78 is 37.8. The average Bonchev–Trinajstić information content (AvgIpc) is 2.41. The number of halogens is 3. The lowest BCUT2D eigenvalue weighted by atomic mass is 9.95. The Kier molecular flexibility index (Phi) is 6.24. The van der Waals surface area contributed by atoms with E-state index in [9.17, 15) is 18.0 Å². The molecule has 1 nitrogen and oxygen atoms in total. The number of aryl methyl sites for hydroxylation is 2. The van der Waals surface area contributed by atoms with Gasteiger partial charge in [0.05, 0.1) is 0 Å². The summed E-state index contributed by atoms with van der Waals surface area (Å²) >= 11 is 0. The van der Waals surface area contributed by atoms with Crippen LogP contribution in [0.3, 0.4) is 0 Å². The standard InChI is InChI=1S/C16H21F3O/c1-3-5-7-12-9-10-14(15(20)16(17,18)19)13(11-12)8-6-4-2/h9-11H,3-8H2,1-2H3. The Labute approximate surface area is 118 Å². The molecule has 0 aliphatic carbocycles. The minimum absolute atomic E-state index is 0.189. The van der Waals surface area contributed by atoms with Gasteiger partial charge in [-0.2, -0.15) is 13.2 Å². The highest BCUT2D eigenvalue weighted by molar-refractivity contribution is 6.01. The van der Waals surface area contributed by atoms with E-state index in [1.165, 1.54) is 6.07 Å². The fourth-order valence-corrected chi connectivity index (χ4v) is 2.13. The molecule has 0 heterocycles. The predicted molar refractivity (Wildman–Crippen MR) is 74.1 cm³/mol. The van der Waals surface area contributed by atoms with Crippen LogP contribution in [-0.2, 0) is 12.8 Å². The Morgan fingerprint density at radius 3 is 2.20 bits per heavy atom. The molecule has 1 aromatic carbocycles. The molecule has 0 bridgehead atoms. The lowest BCUT2D eigenvalue weighted by molar-refractivity contribution is -0.0885. The second-order valence-electron chi connectivity index (χ2n) is 5.03. The van der Waals surface area contributed by atoms with E-state index in [1.54, 1.807) is 12.1 Å². The Morgan fingerprint density at radius 1 is 1.05 bits per heavy atom. The molecular weight excluding hydrogens is 265 g/mol. The van der Waals surface area contributed by atoms with Gasteiger partial charge in [-0.3, -0.25) is 4.79 Å². The van der Waals surface area contributed by atoms with Gasteiger partial charge in [0.1, 0.15) is 0 Å². The zero-order chi connectivity index (χ0) is 15.2. The molecule has 0 N–H and O–H groups in total. The molecular formula is C16H21F3O. The van der Waals surface area contributed by atoms with Gasteiger partial charge >= 0.3 is 6.18 Å². The third kappa shape index (κ3) is 4.66. The summed E-state index contributed by atoms with van der Waals surface area (Å²) in [6.07, 6.45) is 0.275. The maximum Gasteiger partial charge on any atom is 0.454 e. The number of alkyl halides is 3. The fraction of sp³-hybridized carbons (Fsp3) is 0.562. The molecule has 20 heavy (non-hydrogen) atoms. The molecule has 0 aliphatic rings. The highest BCUT2D eigenvalue weighted by Crippen LogP contribution is 2.25. The highest BCUT2D eigenvalue weighted by atomic mass is 19.4. The van der Waals surface area contributed by atoms with E-state index in [-0.39, 0.29) is 5.56 Å². The molecule has 0 unspecified atom stereocenters. The van der Waals surface area contributed by atoms with Crippen LogP contribution in [0, 0.1) is 0 Å². The Bertz CT molecular complexity index is 450. The maximum absolute atomic E-state index is 12.6. The topological polar surface area (TPSA) is 17.1 Å². The van der Waals surface area contributed by atoms with Gasteiger partial charge in [-0.25, -0.2) is 0 Å². The minimum atomic E-state index is -4.80. The smallest absolute Gasteiger partial charge is 0.284 e. The largest absolute Gasteiger partial charge is 0.454 e. The van der Waals surface area contributed by atoms with Crippen molar-refractivity contribution in [1.82, 2.24) is 0 Å². The van der Waals surface area contributed by atoms with Crippen LogP contribution in [0.1, 0.15) is 61.0 Å². The monoisotopic (exact) mass is 286 g/mol. The lowest BCUT2D eigenvalue weighted by Crippen LogP contribution is -2.24. The van der Waals surface area contributed by atoms with Gasteiger partial charge in [-0.15, -0.1) is 0 Å². The Morgan fingerprint density at radius 2 is 1.65 bits per heavy atom. The molecule has 0 aromatic heterocycles. The first-order valence-electron chi connectivity index (χ1n) is 7.13. The summed E-state index contributed by atoms with van der Waals surface area (Å²) in [5.41, 5.74) is 1.35. The maximum atomic E-state index is 12.6. The number of benzene rings is 1. The van der Waals surface area contributed by atoms with E-state index in [0.717, 1.165) is 37.7 Å². The number of rotatable bonds is 7. The molecule has 0 aliphatic heterocycles. The Hall–Kier alpha value is -1.32. The van der Waals surface area contributed by atoms with Gasteiger partial charge in [-0.1, -0.05) is 44.9 Å². The summed E-state index contributed by atoms with van der Waals surface area (Å²) in [5.74, 6) is -1.73. The first kappa shape index (κ1) is 16.7. The summed E-state index contributed by atoms with van der Waals surface area (Å²) in [7, 11) is 0. The van der Waals surface area contributed by atoms with Crippen LogP contribution in [0.5, 0.6) is 0 Å². The summed E-state index contributed by atoms with van der Waals surface area (Å²) in [6, 6.07) is 4.75. The first-order valence-corrected chi connectivity index (χ1v) is 7.13. The number of carbonyl (C=O) groups excluding carboxylic acids is 1. The molecule has 1 rings (SSSR count). The zero-order valence-electron chi connectivity index (χ0n) is 12.0. The second-order valence-corrected chi connectivity index (χ2v) is 5.03.